The van der Waals surface area contributed by atoms with Gasteiger partial charge in [-0.15, -0.1) is 0 Å². The molecular weight excluding hydrogens is 284 g/mol. The summed E-state index contributed by atoms with van der Waals surface area (Å²) in [5.74, 6) is 0.879. The van der Waals surface area contributed by atoms with Gasteiger partial charge >= 0.3 is 0 Å². The van der Waals surface area contributed by atoms with Crippen LogP contribution in [-0.4, -0.2) is 20.6 Å². The summed E-state index contributed by atoms with van der Waals surface area (Å²) in [4.78, 5) is 9.12. The highest BCUT2D eigenvalue weighted by atomic mass is 35.5. The van der Waals surface area contributed by atoms with Gasteiger partial charge in [-0.2, -0.15) is 0 Å². The molecule has 108 valence electrons. The van der Waals surface area contributed by atoms with Crippen LogP contribution in [0.1, 0.15) is 13.3 Å². The SMILES string of the molecule is CCC(N)Cn1c(-c2ccccc2)nc2cc(Cl)cnc21. The second-order valence-electron chi connectivity index (χ2n) is 5.08. The summed E-state index contributed by atoms with van der Waals surface area (Å²) in [6.07, 6.45) is 2.55. The maximum atomic E-state index is 6.13. The van der Waals surface area contributed by atoms with Gasteiger partial charge in [0.1, 0.15) is 11.3 Å². The van der Waals surface area contributed by atoms with E-state index in [1.165, 1.54) is 0 Å². The van der Waals surface area contributed by atoms with Crippen molar-refractivity contribution in [2.24, 2.45) is 5.73 Å². The van der Waals surface area contributed by atoms with Crippen LogP contribution in [0, 0.1) is 0 Å². The molecule has 0 saturated heterocycles. The molecule has 0 amide bonds. The molecule has 0 spiro atoms. The van der Waals surface area contributed by atoms with E-state index in [4.69, 9.17) is 22.3 Å². The van der Waals surface area contributed by atoms with Crippen molar-refractivity contribution in [3.63, 3.8) is 0 Å². The molecule has 0 aliphatic heterocycles. The van der Waals surface area contributed by atoms with Crippen molar-refractivity contribution in [1.29, 1.82) is 0 Å². The normalized spacial score (nSPS) is 12.7. The number of rotatable bonds is 4. The van der Waals surface area contributed by atoms with Gasteiger partial charge < -0.3 is 10.3 Å². The molecule has 1 aromatic carbocycles. The predicted molar refractivity (Wildman–Crippen MR) is 86.2 cm³/mol. The Morgan fingerprint density at radius 1 is 1.29 bits per heavy atom. The number of aromatic nitrogens is 3. The molecule has 0 fully saturated rings. The highest BCUT2D eigenvalue weighted by Gasteiger charge is 2.15. The molecule has 21 heavy (non-hydrogen) atoms. The fourth-order valence-corrected chi connectivity index (χ4v) is 2.48. The molecular formula is C16H17ClN4. The maximum Gasteiger partial charge on any atom is 0.160 e. The van der Waals surface area contributed by atoms with Gasteiger partial charge in [-0.3, -0.25) is 0 Å². The van der Waals surface area contributed by atoms with Crippen LogP contribution in [0.2, 0.25) is 5.02 Å². The minimum Gasteiger partial charge on any atom is -0.326 e. The van der Waals surface area contributed by atoms with Crippen molar-refractivity contribution in [2.75, 3.05) is 0 Å². The molecule has 4 nitrogen and oxygen atoms in total. The molecule has 2 aromatic heterocycles. The highest BCUT2D eigenvalue weighted by Crippen LogP contribution is 2.25. The molecule has 3 aromatic rings. The third-order valence-electron chi connectivity index (χ3n) is 3.53. The van der Waals surface area contributed by atoms with Gasteiger partial charge in [0.15, 0.2) is 5.65 Å². The smallest absolute Gasteiger partial charge is 0.160 e. The van der Waals surface area contributed by atoms with Gasteiger partial charge in [0.25, 0.3) is 0 Å². The molecule has 2 heterocycles. The fourth-order valence-electron chi connectivity index (χ4n) is 2.33. The molecule has 0 bridgehead atoms. The zero-order valence-corrected chi connectivity index (χ0v) is 12.6. The first-order valence-corrected chi connectivity index (χ1v) is 7.39. The van der Waals surface area contributed by atoms with Crippen LogP contribution in [0.3, 0.4) is 0 Å². The first-order valence-electron chi connectivity index (χ1n) is 7.02. The van der Waals surface area contributed by atoms with Crippen molar-refractivity contribution >= 4 is 22.8 Å². The summed E-state index contributed by atoms with van der Waals surface area (Å²) in [5, 5.41) is 0.589. The fraction of sp³-hybridized carbons (Fsp3) is 0.250. The van der Waals surface area contributed by atoms with Crippen LogP contribution in [-0.2, 0) is 6.54 Å². The standard InChI is InChI=1S/C16H17ClN4/c1-2-13(18)10-21-15(11-6-4-3-5-7-11)20-14-8-12(17)9-19-16(14)21/h3-9,13H,2,10,18H2,1H3. The van der Waals surface area contributed by atoms with Crippen molar-refractivity contribution in [1.82, 2.24) is 14.5 Å². The van der Waals surface area contributed by atoms with Crippen LogP contribution >= 0.6 is 11.6 Å². The van der Waals surface area contributed by atoms with E-state index in [-0.39, 0.29) is 6.04 Å². The summed E-state index contributed by atoms with van der Waals surface area (Å²) in [5.41, 5.74) is 8.80. The Hall–Kier alpha value is -1.91. The lowest BCUT2D eigenvalue weighted by atomic mass is 10.2. The van der Waals surface area contributed by atoms with E-state index in [9.17, 15) is 0 Å². The Morgan fingerprint density at radius 2 is 2.05 bits per heavy atom. The monoisotopic (exact) mass is 300 g/mol. The van der Waals surface area contributed by atoms with E-state index in [1.807, 2.05) is 36.4 Å². The minimum absolute atomic E-state index is 0.0716. The topological polar surface area (TPSA) is 56.7 Å². The number of nitrogens with zero attached hydrogens (tertiary/aromatic N) is 3. The molecule has 5 heteroatoms. The van der Waals surface area contributed by atoms with Crippen LogP contribution in [0.4, 0.5) is 0 Å². The van der Waals surface area contributed by atoms with Gasteiger partial charge in [-0.05, 0) is 12.5 Å². The Labute approximate surface area is 128 Å². The number of hydrogen-bond acceptors (Lipinski definition) is 3. The van der Waals surface area contributed by atoms with E-state index in [2.05, 4.69) is 16.5 Å². The number of fused-ring (bicyclic) bond motifs is 1. The first kappa shape index (κ1) is 14.0. The van der Waals surface area contributed by atoms with E-state index in [1.54, 1.807) is 6.20 Å². The molecule has 1 atom stereocenters. The van der Waals surface area contributed by atoms with E-state index in [0.717, 1.165) is 29.0 Å². The van der Waals surface area contributed by atoms with Gasteiger partial charge in [0.05, 0.1) is 5.02 Å². The van der Waals surface area contributed by atoms with E-state index >= 15 is 0 Å². The summed E-state index contributed by atoms with van der Waals surface area (Å²) >= 11 is 6.02. The van der Waals surface area contributed by atoms with Gasteiger partial charge in [-0.1, -0.05) is 48.9 Å². The van der Waals surface area contributed by atoms with E-state index < -0.39 is 0 Å². The highest BCUT2D eigenvalue weighted by molar-refractivity contribution is 6.31. The number of nitrogens with two attached hydrogens (primary N) is 1. The number of halogens is 1. The van der Waals surface area contributed by atoms with Crippen molar-refractivity contribution in [2.45, 2.75) is 25.9 Å². The van der Waals surface area contributed by atoms with Crippen LogP contribution in [0.15, 0.2) is 42.6 Å². The Bertz CT molecular complexity index is 752. The first-order chi connectivity index (χ1) is 10.2. The zero-order valence-electron chi connectivity index (χ0n) is 11.8. The second-order valence-corrected chi connectivity index (χ2v) is 5.51. The molecule has 3 rings (SSSR count). The molecule has 2 N–H and O–H groups in total. The van der Waals surface area contributed by atoms with Gasteiger partial charge in [-0.25, -0.2) is 9.97 Å². The van der Waals surface area contributed by atoms with Gasteiger partial charge in [0, 0.05) is 24.3 Å². The lowest BCUT2D eigenvalue weighted by molar-refractivity contribution is 0.549. The Kier molecular flexibility index (Phi) is 3.90. The molecule has 1 unspecified atom stereocenters. The van der Waals surface area contributed by atoms with Crippen LogP contribution < -0.4 is 5.73 Å². The number of benzene rings is 1. The van der Waals surface area contributed by atoms with Gasteiger partial charge in [0.2, 0.25) is 0 Å². The van der Waals surface area contributed by atoms with Crippen molar-refractivity contribution in [3.8, 4) is 11.4 Å². The van der Waals surface area contributed by atoms with Crippen molar-refractivity contribution in [3.05, 3.63) is 47.6 Å². The Morgan fingerprint density at radius 3 is 2.76 bits per heavy atom. The summed E-state index contributed by atoms with van der Waals surface area (Å²) in [6, 6.07) is 12.0. The zero-order chi connectivity index (χ0) is 14.8. The number of pyridine rings is 1. The van der Waals surface area contributed by atoms with E-state index in [0.29, 0.717) is 11.6 Å². The average Bonchev–Trinajstić information content (AvgIpc) is 2.85. The molecule has 0 aliphatic carbocycles. The quantitative estimate of drug-likeness (QED) is 0.802. The summed E-state index contributed by atoms with van der Waals surface area (Å²) in [6.45, 7) is 2.77. The summed E-state index contributed by atoms with van der Waals surface area (Å²) in [7, 11) is 0. The molecule has 0 aliphatic rings. The lowest BCUT2D eigenvalue weighted by Gasteiger charge is -2.13. The molecule has 0 saturated carbocycles. The maximum absolute atomic E-state index is 6.13. The van der Waals surface area contributed by atoms with Crippen molar-refractivity contribution < 1.29 is 0 Å². The second kappa shape index (κ2) is 5.84. The largest absolute Gasteiger partial charge is 0.326 e. The third kappa shape index (κ3) is 2.77. The lowest BCUT2D eigenvalue weighted by Crippen LogP contribution is -2.25. The van der Waals surface area contributed by atoms with Crippen LogP contribution in [0.5, 0.6) is 0 Å². The number of imidazole rings is 1. The average molecular weight is 301 g/mol. The predicted octanol–water partition coefficient (Wildman–Crippen LogP) is 3.49. The van der Waals surface area contributed by atoms with Crippen LogP contribution in [0.25, 0.3) is 22.6 Å². The summed E-state index contributed by atoms with van der Waals surface area (Å²) < 4.78 is 2.08. The number of hydrogen-bond donors (Lipinski definition) is 1. The minimum atomic E-state index is 0.0716. The third-order valence-corrected chi connectivity index (χ3v) is 3.73. The molecule has 0 radical (unpaired) electrons. The Balaban J connectivity index is 2.19.